The first kappa shape index (κ1) is 13.0. The van der Waals surface area contributed by atoms with E-state index in [4.69, 9.17) is 4.74 Å². The molecule has 0 unspecified atom stereocenters. The summed E-state index contributed by atoms with van der Waals surface area (Å²) in [6.45, 7) is 0. The maximum absolute atomic E-state index is 11.8. The molecule has 0 aliphatic heterocycles. The van der Waals surface area contributed by atoms with E-state index < -0.39 is 0 Å². The van der Waals surface area contributed by atoms with E-state index in [1.807, 2.05) is 30.3 Å². The highest BCUT2D eigenvalue weighted by molar-refractivity contribution is 5.92. The van der Waals surface area contributed by atoms with E-state index in [0.29, 0.717) is 17.9 Å². The summed E-state index contributed by atoms with van der Waals surface area (Å²) >= 11 is 0. The van der Waals surface area contributed by atoms with Crippen LogP contribution in [0.5, 0.6) is 11.5 Å². The number of phenols is 1. The first-order chi connectivity index (χ1) is 9.19. The van der Waals surface area contributed by atoms with Gasteiger partial charge in [-0.1, -0.05) is 30.3 Å². The molecule has 2 rings (SSSR count). The monoisotopic (exact) mass is 257 g/mol. The lowest BCUT2D eigenvalue weighted by molar-refractivity contribution is -0.115. The van der Waals surface area contributed by atoms with Gasteiger partial charge < -0.3 is 15.2 Å². The van der Waals surface area contributed by atoms with Gasteiger partial charge >= 0.3 is 0 Å². The number of aromatic hydroxyl groups is 1. The van der Waals surface area contributed by atoms with Gasteiger partial charge in [-0.3, -0.25) is 4.79 Å². The van der Waals surface area contributed by atoms with Crippen LogP contribution in [-0.2, 0) is 11.2 Å². The van der Waals surface area contributed by atoms with Crippen molar-refractivity contribution in [3.05, 3.63) is 54.1 Å². The quantitative estimate of drug-likeness (QED) is 0.885. The van der Waals surface area contributed by atoms with E-state index in [1.54, 1.807) is 12.1 Å². The van der Waals surface area contributed by atoms with Gasteiger partial charge in [-0.15, -0.1) is 0 Å². The molecule has 2 aromatic carbocycles. The Balaban J connectivity index is 2.01. The lowest BCUT2D eigenvalue weighted by Crippen LogP contribution is -2.14. The molecule has 0 aliphatic rings. The van der Waals surface area contributed by atoms with E-state index in [0.717, 1.165) is 5.56 Å². The summed E-state index contributed by atoms with van der Waals surface area (Å²) in [5.74, 6) is 0.247. The zero-order valence-electron chi connectivity index (χ0n) is 10.6. The van der Waals surface area contributed by atoms with Crippen molar-refractivity contribution in [1.29, 1.82) is 0 Å². The molecule has 0 saturated carbocycles. The molecule has 0 aliphatic carbocycles. The Bertz CT molecular complexity index is 567. The number of rotatable bonds is 4. The van der Waals surface area contributed by atoms with Crippen molar-refractivity contribution in [2.75, 3.05) is 12.4 Å². The highest BCUT2D eigenvalue weighted by atomic mass is 16.5. The van der Waals surface area contributed by atoms with Crippen molar-refractivity contribution in [3.8, 4) is 11.5 Å². The zero-order valence-corrected chi connectivity index (χ0v) is 10.6. The molecule has 0 atom stereocenters. The maximum Gasteiger partial charge on any atom is 0.228 e. The second-order valence-corrected chi connectivity index (χ2v) is 4.10. The predicted octanol–water partition coefficient (Wildman–Crippen LogP) is 2.58. The maximum atomic E-state index is 11.8. The summed E-state index contributed by atoms with van der Waals surface area (Å²) in [6.07, 6.45) is 0.299. The Morgan fingerprint density at radius 1 is 1.21 bits per heavy atom. The smallest absolute Gasteiger partial charge is 0.228 e. The van der Waals surface area contributed by atoms with Crippen LogP contribution in [0.4, 0.5) is 5.69 Å². The average molecular weight is 257 g/mol. The molecule has 4 nitrogen and oxygen atoms in total. The Morgan fingerprint density at radius 3 is 2.58 bits per heavy atom. The van der Waals surface area contributed by atoms with Crippen LogP contribution in [0.2, 0.25) is 0 Å². The molecule has 0 saturated heterocycles. The van der Waals surface area contributed by atoms with Crippen molar-refractivity contribution < 1.29 is 14.6 Å². The molecule has 0 bridgehead atoms. The standard InChI is InChI=1S/C15H15NO3/c1-19-14-8-7-12(10-13(14)17)16-15(18)9-11-5-3-2-4-6-11/h2-8,10,17H,9H2,1H3,(H,16,18). The van der Waals surface area contributed by atoms with Crippen LogP contribution in [0.25, 0.3) is 0 Å². The van der Waals surface area contributed by atoms with Crippen molar-refractivity contribution >= 4 is 11.6 Å². The third-order valence-corrected chi connectivity index (χ3v) is 2.67. The Hall–Kier alpha value is -2.49. The van der Waals surface area contributed by atoms with Crippen molar-refractivity contribution in [1.82, 2.24) is 0 Å². The van der Waals surface area contributed by atoms with Gasteiger partial charge in [0, 0.05) is 11.8 Å². The molecule has 0 radical (unpaired) electrons. The normalized spacial score (nSPS) is 9.95. The number of hydrogen-bond acceptors (Lipinski definition) is 3. The summed E-state index contributed by atoms with van der Waals surface area (Å²) in [5, 5.41) is 12.3. The summed E-state index contributed by atoms with van der Waals surface area (Å²) < 4.78 is 4.94. The summed E-state index contributed by atoms with van der Waals surface area (Å²) in [4.78, 5) is 11.8. The number of amides is 1. The van der Waals surface area contributed by atoms with Crippen LogP contribution in [-0.4, -0.2) is 18.1 Å². The van der Waals surface area contributed by atoms with Crippen LogP contribution >= 0.6 is 0 Å². The minimum absolute atomic E-state index is 0.0000103. The number of carbonyl (C=O) groups is 1. The number of phenolic OH excluding ortho intramolecular Hbond substituents is 1. The number of methoxy groups -OCH3 is 1. The molecule has 98 valence electrons. The van der Waals surface area contributed by atoms with Gasteiger partial charge in [0.1, 0.15) is 0 Å². The Labute approximate surface area is 111 Å². The third-order valence-electron chi connectivity index (χ3n) is 2.67. The van der Waals surface area contributed by atoms with E-state index in [1.165, 1.54) is 13.2 Å². The molecule has 4 heteroatoms. The second-order valence-electron chi connectivity index (χ2n) is 4.10. The number of nitrogens with one attached hydrogen (secondary N) is 1. The van der Waals surface area contributed by atoms with Gasteiger partial charge in [-0.2, -0.15) is 0 Å². The highest BCUT2D eigenvalue weighted by Crippen LogP contribution is 2.28. The number of benzene rings is 2. The van der Waals surface area contributed by atoms with Crippen LogP contribution < -0.4 is 10.1 Å². The van der Waals surface area contributed by atoms with E-state index >= 15 is 0 Å². The van der Waals surface area contributed by atoms with E-state index in [-0.39, 0.29) is 11.7 Å². The van der Waals surface area contributed by atoms with E-state index in [2.05, 4.69) is 5.32 Å². The lowest BCUT2D eigenvalue weighted by atomic mass is 10.1. The topological polar surface area (TPSA) is 58.6 Å². The summed E-state index contributed by atoms with van der Waals surface area (Å²) in [6, 6.07) is 14.2. The molecular weight excluding hydrogens is 242 g/mol. The highest BCUT2D eigenvalue weighted by Gasteiger charge is 2.06. The van der Waals surface area contributed by atoms with Gasteiger partial charge in [-0.05, 0) is 17.7 Å². The predicted molar refractivity (Wildman–Crippen MR) is 73.4 cm³/mol. The SMILES string of the molecule is COc1ccc(NC(=O)Cc2ccccc2)cc1O. The zero-order chi connectivity index (χ0) is 13.7. The lowest BCUT2D eigenvalue weighted by Gasteiger charge is -2.08. The molecule has 0 fully saturated rings. The van der Waals surface area contributed by atoms with Gasteiger partial charge in [0.15, 0.2) is 11.5 Å². The molecule has 2 aromatic rings. The molecular formula is C15H15NO3. The van der Waals surface area contributed by atoms with E-state index in [9.17, 15) is 9.90 Å². The summed E-state index contributed by atoms with van der Waals surface area (Å²) in [7, 11) is 1.47. The second kappa shape index (κ2) is 5.91. The fourth-order valence-electron chi connectivity index (χ4n) is 1.75. The van der Waals surface area contributed by atoms with Gasteiger partial charge in [0.05, 0.1) is 13.5 Å². The minimum atomic E-state index is -0.129. The van der Waals surface area contributed by atoms with Gasteiger partial charge in [0.2, 0.25) is 5.91 Å². The molecule has 1 amide bonds. The van der Waals surface area contributed by atoms with Crippen molar-refractivity contribution in [3.63, 3.8) is 0 Å². The summed E-state index contributed by atoms with van der Waals surface area (Å²) in [5.41, 5.74) is 1.48. The molecule has 0 heterocycles. The fraction of sp³-hybridized carbons (Fsp3) is 0.133. The van der Waals surface area contributed by atoms with Crippen LogP contribution in [0, 0.1) is 0 Å². The fourth-order valence-corrected chi connectivity index (χ4v) is 1.75. The van der Waals surface area contributed by atoms with Gasteiger partial charge in [-0.25, -0.2) is 0 Å². The number of anilines is 1. The van der Waals surface area contributed by atoms with Crippen LogP contribution in [0.15, 0.2) is 48.5 Å². The minimum Gasteiger partial charge on any atom is -0.504 e. The number of ether oxygens (including phenoxy) is 1. The first-order valence-electron chi connectivity index (χ1n) is 5.90. The number of hydrogen-bond donors (Lipinski definition) is 2. The Morgan fingerprint density at radius 2 is 1.95 bits per heavy atom. The van der Waals surface area contributed by atoms with Crippen LogP contribution in [0.3, 0.4) is 0 Å². The Kier molecular flexibility index (Phi) is 4.03. The van der Waals surface area contributed by atoms with Crippen LogP contribution in [0.1, 0.15) is 5.56 Å². The third kappa shape index (κ3) is 3.48. The molecule has 0 spiro atoms. The van der Waals surface area contributed by atoms with Crippen molar-refractivity contribution in [2.24, 2.45) is 0 Å². The number of carbonyl (C=O) groups excluding carboxylic acids is 1. The average Bonchev–Trinajstić information content (AvgIpc) is 2.40. The first-order valence-corrected chi connectivity index (χ1v) is 5.90. The van der Waals surface area contributed by atoms with Gasteiger partial charge in [0.25, 0.3) is 0 Å². The molecule has 19 heavy (non-hydrogen) atoms. The molecule has 2 N–H and O–H groups in total. The van der Waals surface area contributed by atoms with Crippen molar-refractivity contribution in [2.45, 2.75) is 6.42 Å². The molecule has 0 aromatic heterocycles. The largest absolute Gasteiger partial charge is 0.504 e.